The van der Waals surface area contributed by atoms with Crippen LogP contribution in [0.5, 0.6) is 0 Å². The van der Waals surface area contributed by atoms with Crippen molar-refractivity contribution in [2.24, 2.45) is 0 Å². The number of benzene rings is 1. The summed E-state index contributed by atoms with van der Waals surface area (Å²) in [6.45, 7) is 0. The van der Waals surface area contributed by atoms with Gasteiger partial charge in [0.05, 0.1) is 15.5 Å². The number of hydrogen-bond donors (Lipinski definition) is 0. The molecule has 2 aromatic rings. The van der Waals surface area contributed by atoms with Gasteiger partial charge in [0, 0.05) is 6.07 Å². The number of nitrogens with zero attached hydrogens (tertiary/aromatic N) is 5. The van der Waals surface area contributed by atoms with Crippen LogP contribution in [-0.2, 0) is 6.18 Å². The molecule has 0 fully saturated rings. The Balaban J connectivity index is 2.72. The number of nitro benzene ring substituents is 1. The number of tetrazole rings is 1. The molecule has 100 valence electrons. The fourth-order valence-corrected chi connectivity index (χ4v) is 1.64. The smallest absolute Gasteiger partial charge is 0.258 e. The molecular formula is C8H3ClF3N5O2. The molecule has 19 heavy (non-hydrogen) atoms. The predicted octanol–water partition coefficient (Wildman–Crippen LogP) is 2.24. The molecule has 2 rings (SSSR count). The van der Waals surface area contributed by atoms with Crippen molar-refractivity contribution in [2.45, 2.75) is 6.18 Å². The van der Waals surface area contributed by atoms with Gasteiger partial charge in [0.2, 0.25) is 0 Å². The van der Waals surface area contributed by atoms with Crippen molar-refractivity contribution in [2.75, 3.05) is 0 Å². The summed E-state index contributed by atoms with van der Waals surface area (Å²) in [7, 11) is 0. The molecule has 0 aliphatic carbocycles. The minimum atomic E-state index is -4.74. The third-order valence-electron chi connectivity index (χ3n) is 2.16. The Hall–Kier alpha value is -2.23. The zero-order valence-corrected chi connectivity index (χ0v) is 9.55. The molecule has 0 unspecified atom stereocenters. The summed E-state index contributed by atoms with van der Waals surface area (Å²) in [6, 6.07) is 1.14. The molecule has 1 heterocycles. The van der Waals surface area contributed by atoms with E-state index in [4.69, 9.17) is 11.6 Å². The number of hydrogen-bond acceptors (Lipinski definition) is 5. The fraction of sp³-hybridized carbons (Fsp3) is 0.125. The van der Waals surface area contributed by atoms with E-state index in [0.717, 1.165) is 11.0 Å². The van der Waals surface area contributed by atoms with Crippen molar-refractivity contribution in [3.63, 3.8) is 0 Å². The van der Waals surface area contributed by atoms with Crippen molar-refractivity contribution >= 4 is 17.3 Å². The number of halogens is 4. The van der Waals surface area contributed by atoms with Crippen molar-refractivity contribution < 1.29 is 18.1 Å². The molecule has 1 aromatic carbocycles. The average Bonchev–Trinajstić information content (AvgIpc) is 2.80. The van der Waals surface area contributed by atoms with Crippen LogP contribution in [0.4, 0.5) is 18.9 Å². The number of alkyl halides is 3. The summed E-state index contributed by atoms with van der Waals surface area (Å²) in [5.41, 5.74) is -2.26. The van der Waals surface area contributed by atoms with Gasteiger partial charge in [-0.3, -0.25) is 10.1 Å². The van der Waals surface area contributed by atoms with Gasteiger partial charge in [-0.1, -0.05) is 11.6 Å². The molecule has 11 heteroatoms. The lowest BCUT2D eigenvalue weighted by atomic mass is 10.1. The van der Waals surface area contributed by atoms with E-state index in [2.05, 4.69) is 15.5 Å². The molecule has 0 N–H and O–H groups in total. The summed E-state index contributed by atoms with van der Waals surface area (Å²) in [5.74, 6) is 0. The van der Waals surface area contributed by atoms with Gasteiger partial charge in [-0.2, -0.15) is 17.9 Å². The van der Waals surface area contributed by atoms with E-state index in [0.29, 0.717) is 12.1 Å². The highest BCUT2D eigenvalue weighted by Crippen LogP contribution is 2.39. The van der Waals surface area contributed by atoms with Crippen LogP contribution in [0, 0.1) is 10.1 Å². The standard InChI is InChI=1S/C8H3ClF3N5O2/c9-5-2-7(17(18)19)6(16-3-13-14-15-16)1-4(5)8(10,11)12/h1-3H. The lowest BCUT2D eigenvalue weighted by Crippen LogP contribution is -2.09. The highest BCUT2D eigenvalue weighted by atomic mass is 35.5. The van der Waals surface area contributed by atoms with E-state index >= 15 is 0 Å². The largest absolute Gasteiger partial charge is 0.417 e. The van der Waals surface area contributed by atoms with Crippen molar-refractivity contribution in [3.8, 4) is 5.69 Å². The van der Waals surface area contributed by atoms with Crippen molar-refractivity contribution in [1.82, 2.24) is 20.2 Å². The first kappa shape index (κ1) is 13.2. The lowest BCUT2D eigenvalue weighted by molar-refractivity contribution is -0.384. The second kappa shape index (κ2) is 4.46. The van der Waals surface area contributed by atoms with Gasteiger partial charge in [-0.15, -0.1) is 5.10 Å². The van der Waals surface area contributed by atoms with Crippen molar-refractivity contribution in [1.29, 1.82) is 0 Å². The van der Waals surface area contributed by atoms with Gasteiger partial charge < -0.3 is 0 Å². The normalized spacial score (nSPS) is 11.6. The molecule has 0 radical (unpaired) electrons. The first-order chi connectivity index (χ1) is 8.80. The zero-order chi connectivity index (χ0) is 14.2. The quantitative estimate of drug-likeness (QED) is 0.626. The molecular weight excluding hydrogens is 291 g/mol. The van der Waals surface area contributed by atoms with Crippen LogP contribution in [-0.4, -0.2) is 25.1 Å². The Kier molecular flexibility index (Phi) is 3.10. The van der Waals surface area contributed by atoms with Crippen LogP contribution in [0.2, 0.25) is 5.02 Å². The van der Waals surface area contributed by atoms with Gasteiger partial charge in [0.1, 0.15) is 12.0 Å². The average molecular weight is 294 g/mol. The first-order valence-electron chi connectivity index (χ1n) is 4.59. The Morgan fingerprint density at radius 3 is 2.53 bits per heavy atom. The van der Waals surface area contributed by atoms with E-state index in [-0.39, 0.29) is 0 Å². The van der Waals surface area contributed by atoms with Crippen LogP contribution in [0.3, 0.4) is 0 Å². The molecule has 7 nitrogen and oxygen atoms in total. The molecule has 1 aromatic heterocycles. The molecule has 0 amide bonds. The third-order valence-corrected chi connectivity index (χ3v) is 2.47. The van der Waals surface area contributed by atoms with Crippen molar-refractivity contribution in [3.05, 3.63) is 39.2 Å². The summed E-state index contributed by atoms with van der Waals surface area (Å²) in [6.07, 6.45) is -3.80. The molecule has 0 atom stereocenters. The molecule has 0 saturated heterocycles. The van der Waals surface area contributed by atoms with Crippen LogP contribution < -0.4 is 0 Å². The first-order valence-corrected chi connectivity index (χ1v) is 4.97. The third kappa shape index (κ3) is 2.47. The summed E-state index contributed by atoms with van der Waals surface area (Å²) in [5, 5.41) is 19.8. The molecule has 0 aliphatic rings. The van der Waals surface area contributed by atoms with Gasteiger partial charge in [-0.05, 0) is 16.5 Å². The van der Waals surface area contributed by atoms with Crippen LogP contribution >= 0.6 is 11.6 Å². The highest BCUT2D eigenvalue weighted by molar-refractivity contribution is 6.31. The number of nitro groups is 1. The fourth-order valence-electron chi connectivity index (χ4n) is 1.37. The maximum atomic E-state index is 12.7. The SMILES string of the molecule is O=[N+]([O-])c1cc(Cl)c(C(F)(F)F)cc1-n1cnnn1. The second-order valence-electron chi connectivity index (χ2n) is 3.33. The maximum absolute atomic E-state index is 12.7. The Morgan fingerprint density at radius 1 is 1.37 bits per heavy atom. The minimum Gasteiger partial charge on any atom is -0.258 e. The van der Waals surface area contributed by atoms with Crippen LogP contribution in [0.1, 0.15) is 5.56 Å². The van der Waals surface area contributed by atoms with E-state index in [1.807, 2.05) is 0 Å². The molecule has 0 aliphatic heterocycles. The molecule has 0 saturated carbocycles. The van der Waals surface area contributed by atoms with Gasteiger partial charge >= 0.3 is 6.18 Å². The van der Waals surface area contributed by atoms with E-state index in [9.17, 15) is 23.3 Å². The van der Waals surface area contributed by atoms with Crippen LogP contribution in [0.25, 0.3) is 5.69 Å². The van der Waals surface area contributed by atoms with Gasteiger partial charge in [0.15, 0.2) is 0 Å². The second-order valence-corrected chi connectivity index (χ2v) is 3.74. The van der Waals surface area contributed by atoms with E-state index in [1.165, 1.54) is 0 Å². The predicted molar refractivity (Wildman–Crippen MR) is 55.8 cm³/mol. The Labute approximate surface area is 107 Å². The monoisotopic (exact) mass is 293 g/mol. The Morgan fingerprint density at radius 2 is 2.05 bits per heavy atom. The number of aromatic nitrogens is 4. The van der Waals surface area contributed by atoms with E-state index in [1.54, 1.807) is 0 Å². The van der Waals surface area contributed by atoms with Crippen LogP contribution in [0.15, 0.2) is 18.5 Å². The van der Waals surface area contributed by atoms with Gasteiger partial charge in [0.25, 0.3) is 5.69 Å². The Bertz CT molecular complexity index is 628. The molecule has 0 spiro atoms. The highest BCUT2D eigenvalue weighted by Gasteiger charge is 2.36. The topological polar surface area (TPSA) is 86.7 Å². The van der Waals surface area contributed by atoms with Gasteiger partial charge in [-0.25, -0.2) is 0 Å². The summed E-state index contributed by atoms with van der Waals surface area (Å²) >= 11 is 5.41. The number of rotatable bonds is 2. The lowest BCUT2D eigenvalue weighted by Gasteiger charge is -2.10. The summed E-state index contributed by atoms with van der Waals surface area (Å²) < 4.78 is 38.8. The maximum Gasteiger partial charge on any atom is 0.417 e. The van der Waals surface area contributed by atoms with E-state index < -0.39 is 33.1 Å². The molecule has 0 bridgehead atoms. The zero-order valence-electron chi connectivity index (χ0n) is 8.80. The minimum absolute atomic E-state index is 0.424. The summed E-state index contributed by atoms with van der Waals surface area (Å²) in [4.78, 5) is 9.94.